The number of nitrogens with one attached hydrogen (secondary N) is 2. The zero-order chi connectivity index (χ0) is 22.6. The monoisotopic (exact) mass is 423 g/mol. The molecule has 31 heavy (non-hydrogen) atoms. The van der Waals surface area contributed by atoms with Gasteiger partial charge in [0.05, 0.1) is 14.2 Å². The fourth-order valence-corrected chi connectivity index (χ4v) is 3.69. The SMILES string of the molecule is C=CCc1cc(C(=O)NN2C(=O)NC(CC)(c3ccccc3)C2=O)cc(OC)c1OC. The molecule has 1 aliphatic heterocycles. The molecular formula is C23H25N3O5. The zero-order valence-electron chi connectivity index (χ0n) is 17.7. The van der Waals surface area contributed by atoms with Crippen molar-refractivity contribution in [3.63, 3.8) is 0 Å². The summed E-state index contributed by atoms with van der Waals surface area (Å²) in [5, 5.41) is 3.45. The summed E-state index contributed by atoms with van der Waals surface area (Å²) in [5.74, 6) is -0.333. The lowest BCUT2D eigenvalue weighted by molar-refractivity contribution is -0.133. The standard InChI is InChI=1S/C23H25N3O5/c1-5-10-15-13-16(14-18(30-3)19(15)31-4)20(27)25-26-21(28)23(6-2,24-22(26)29)17-11-8-7-9-12-17/h5,7-9,11-14H,1,6,10H2,2-4H3,(H,24,29)(H,25,27). The third-order valence-corrected chi connectivity index (χ3v) is 5.28. The van der Waals surface area contributed by atoms with Crippen molar-refractivity contribution >= 4 is 17.8 Å². The Labute approximate surface area is 180 Å². The van der Waals surface area contributed by atoms with Crippen LogP contribution in [-0.4, -0.2) is 37.1 Å². The number of benzene rings is 2. The predicted octanol–water partition coefficient (Wildman–Crippen LogP) is 2.93. The van der Waals surface area contributed by atoms with Gasteiger partial charge in [-0.05, 0) is 30.5 Å². The van der Waals surface area contributed by atoms with Gasteiger partial charge < -0.3 is 14.8 Å². The van der Waals surface area contributed by atoms with Crippen LogP contribution in [0.2, 0.25) is 0 Å². The molecule has 1 atom stereocenters. The van der Waals surface area contributed by atoms with Gasteiger partial charge in [0.25, 0.3) is 11.8 Å². The summed E-state index contributed by atoms with van der Waals surface area (Å²) >= 11 is 0. The molecule has 8 nitrogen and oxygen atoms in total. The number of amides is 4. The molecule has 3 rings (SSSR count). The van der Waals surface area contributed by atoms with Crippen molar-refractivity contribution in [2.75, 3.05) is 14.2 Å². The van der Waals surface area contributed by atoms with Crippen LogP contribution in [0.4, 0.5) is 4.79 Å². The molecule has 0 spiro atoms. The Morgan fingerprint density at radius 3 is 2.48 bits per heavy atom. The zero-order valence-corrected chi connectivity index (χ0v) is 17.7. The second kappa shape index (κ2) is 8.91. The summed E-state index contributed by atoms with van der Waals surface area (Å²) in [6, 6.07) is 11.3. The number of carbonyl (C=O) groups excluding carboxylic acids is 3. The average molecular weight is 423 g/mol. The number of methoxy groups -OCH3 is 2. The summed E-state index contributed by atoms with van der Waals surface area (Å²) in [4.78, 5) is 38.8. The molecule has 1 heterocycles. The first-order chi connectivity index (χ1) is 14.9. The lowest BCUT2D eigenvalue weighted by Gasteiger charge is -2.25. The molecule has 2 N–H and O–H groups in total. The van der Waals surface area contributed by atoms with Crippen LogP contribution in [0.1, 0.15) is 34.8 Å². The van der Waals surface area contributed by atoms with Crippen molar-refractivity contribution in [2.24, 2.45) is 0 Å². The third kappa shape index (κ3) is 3.84. The fraction of sp³-hybridized carbons (Fsp3) is 0.261. The number of allylic oxidation sites excluding steroid dienone is 1. The fourth-order valence-electron chi connectivity index (χ4n) is 3.69. The van der Waals surface area contributed by atoms with Gasteiger partial charge >= 0.3 is 6.03 Å². The Kier molecular flexibility index (Phi) is 6.29. The lowest BCUT2D eigenvalue weighted by Crippen LogP contribution is -2.48. The van der Waals surface area contributed by atoms with E-state index in [-0.39, 0.29) is 5.56 Å². The Morgan fingerprint density at radius 2 is 1.90 bits per heavy atom. The normalized spacial score (nSPS) is 17.8. The molecular weight excluding hydrogens is 398 g/mol. The van der Waals surface area contributed by atoms with Crippen LogP contribution in [0, 0.1) is 0 Å². The first-order valence-electron chi connectivity index (χ1n) is 9.80. The molecule has 1 saturated heterocycles. The van der Waals surface area contributed by atoms with E-state index in [1.807, 2.05) is 6.07 Å². The molecule has 1 aliphatic rings. The summed E-state index contributed by atoms with van der Waals surface area (Å²) < 4.78 is 10.7. The number of urea groups is 1. The van der Waals surface area contributed by atoms with E-state index in [9.17, 15) is 14.4 Å². The van der Waals surface area contributed by atoms with Gasteiger partial charge in [0.15, 0.2) is 11.5 Å². The van der Waals surface area contributed by atoms with Crippen LogP contribution in [0.5, 0.6) is 11.5 Å². The molecule has 2 aromatic carbocycles. The van der Waals surface area contributed by atoms with Gasteiger partial charge in [-0.1, -0.05) is 43.3 Å². The first kappa shape index (κ1) is 21.9. The molecule has 0 radical (unpaired) electrons. The van der Waals surface area contributed by atoms with E-state index in [1.54, 1.807) is 43.3 Å². The second-order valence-corrected chi connectivity index (χ2v) is 7.00. The van der Waals surface area contributed by atoms with E-state index in [1.165, 1.54) is 20.3 Å². The molecule has 2 aromatic rings. The van der Waals surface area contributed by atoms with Crippen molar-refractivity contribution in [1.82, 2.24) is 15.8 Å². The van der Waals surface area contributed by atoms with Gasteiger partial charge in [0.2, 0.25) is 0 Å². The maximum absolute atomic E-state index is 13.2. The number of imide groups is 1. The van der Waals surface area contributed by atoms with Crippen LogP contribution in [0.25, 0.3) is 0 Å². The van der Waals surface area contributed by atoms with E-state index in [0.717, 1.165) is 5.01 Å². The van der Waals surface area contributed by atoms with Crippen LogP contribution in [0.15, 0.2) is 55.1 Å². The molecule has 0 aliphatic carbocycles. The van der Waals surface area contributed by atoms with E-state index in [0.29, 0.717) is 35.5 Å². The molecule has 1 unspecified atom stereocenters. The van der Waals surface area contributed by atoms with Gasteiger partial charge in [-0.3, -0.25) is 15.0 Å². The number of hydrogen-bond acceptors (Lipinski definition) is 5. The van der Waals surface area contributed by atoms with Crippen molar-refractivity contribution in [1.29, 1.82) is 0 Å². The highest BCUT2D eigenvalue weighted by molar-refractivity contribution is 6.09. The number of nitrogens with zero attached hydrogens (tertiary/aromatic N) is 1. The van der Waals surface area contributed by atoms with E-state index in [4.69, 9.17) is 9.47 Å². The summed E-state index contributed by atoms with van der Waals surface area (Å²) in [5.41, 5.74) is 2.73. The molecule has 1 fully saturated rings. The molecule has 0 bridgehead atoms. The van der Waals surface area contributed by atoms with E-state index < -0.39 is 23.4 Å². The summed E-state index contributed by atoms with van der Waals surface area (Å²) in [7, 11) is 2.97. The number of rotatable bonds is 8. The number of carbonyl (C=O) groups is 3. The maximum Gasteiger partial charge on any atom is 0.344 e. The second-order valence-electron chi connectivity index (χ2n) is 7.00. The van der Waals surface area contributed by atoms with Crippen LogP contribution >= 0.6 is 0 Å². The smallest absolute Gasteiger partial charge is 0.344 e. The highest BCUT2D eigenvalue weighted by Gasteiger charge is 2.52. The van der Waals surface area contributed by atoms with E-state index in [2.05, 4.69) is 17.3 Å². The van der Waals surface area contributed by atoms with Gasteiger partial charge in [-0.2, -0.15) is 5.01 Å². The minimum Gasteiger partial charge on any atom is -0.493 e. The summed E-state index contributed by atoms with van der Waals surface area (Å²) in [6.07, 6.45) is 2.44. The quantitative estimate of drug-likeness (QED) is 0.503. The highest BCUT2D eigenvalue weighted by Crippen LogP contribution is 2.34. The molecule has 0 saturated carbocycles. The van der Waals surface area contributed by atoms with Gasteiger partial charge in [-0.15, -0.1) is 6.58 Å². The molecule has 8 heteroatoms. The van der Waals surface area contributed by atoms with Crippen LogP contribution < -0.4 is 20.2 Å². The number of hydrogen-bond donors (Lipinski definition) is 2. The Balaban J connectivity index is 1.92. The Bertz CT molecular complexity index is 1020. The van der Waals surface area contributed by atoms with Crippen molar-refractivity contribution in [3.05, 3.63) is 71.8 Å². The van der Waals surface area contributed by atoms with Gasteiger partial charge in [0.1, 0.15) is 5.54 Å². The minimum atomic E-state index is -1.24. The largest absolute Gasteiger partial charge is 0.493 e. The number of hydrazine groups is 1. The first-order valence-corrected chi connectivity index (χ1v) is 9.80. The molecule has 0 aromatic heterocycles. The molecule has 4 amide bonds. The van der Waals surface area contributed by atoms with Crippen molar-refractivity contribution in [2.45, 2.75) is 25.3 Å². The molecule has 162 valence electrons. The summed E-state index contributed by atoms with van der Waals surface area (Å²) in [6.45, 7) is 5.51. The maximum atomic E-state index is 13.2. The lowest BCUT2D eigenvalue weighted by atomic mass is 9.87. The predicted molar refractivity (Wildman–Crippen MR) is 115 cm³/mol. The van der Waals surface area contributed by atoms with E-state index >= 15 is 0 Å². The number of ether oxygens (including phenoxy) is 2. The topological polar surface area (TPSA) is 97.0 Å². The average Bonchev–Trinajstić information content (AvgIpc) is 3.04. The van der Waals surface area contributed by atoms with Gasteiger partial charge in [-0.25, -0.2) is 4.79 Å². The highest BCUT2D eigenvalue weighted by atomic mass is 16.5. The third-order valence-electron chi connectivity index (χ3n) is 5.28. The van der Waals surface area contributed by atoms with Gasteiger partial charge in [0, 0.05) is 11.1 Å². The van der Waals surface area contributed by atoms with Crippen molar-refractivity contribution in [3.8, 4) is 11.5 Å². The van der Waals surface area contributed by atoms with Crippen LogP contribution in [0.3, 0.4) is 0 Å². The Hall–Kier alpha value is -3.81. The minimum absolute atomic E-state index is 0.212. The Morgan fingerprint density at radius 1 is 1.19 bits per heavy atom. The van der Waals surface area contributed by atoms with Crippen LogP contribution in [-0.2, 0) is 16.8 Å². The van der Waals surface area contributed by atoms with Crippen molar-refractivity contribution < 1.29 is 23.9 Å².